The Morgan fingerprint density at radius 1 is 0.577 bits per heavy atom. The van der Waals surface area contributed by atoms with Gasteiger partial charge >= 0.3 is 0 Å². The number of thiocarbonyl (C=S) groups is 2. The normalized spacial score (nSPS) is 10.2. The number of benzene rings is 3. The average Bonchev–Trinajstić information content (AvgIpc) is 2.72. The predicted molar refractivity (Wildman–Crippen MR) is 116 cm³/mol. The summed E-state index contributed by atoms with van der Waals surface area (Å²) >= 11 is 11.1. The fraction of sp³-hybridized carbons (Fsp3) is 0.0909. The number of hydrogen-bond acceptors (Lipinski definition) is 2. The largest absolute Gasteiger partial charge is 0.372 e. The van der Waals surface area contributed by atoms with Gasteiger partial charge < -0.3 is 10.6 Å². The van der Waals surface area contributed by atoms with Crippen molar-refractivity contribution in [2.24, 2.45) is 0 Å². The lowest BCUT2D eigenvalue weighted by Gasteiger charge is -2.12. The van der Waals surface area contributed by atoms with Crippen molar-refractivity contribution in [1.29, 1.82) is 0 Å². The quantitative estimate of drug-likeness (QED) is 0.613. The van der Waals surface area contributed by atoms with Gasteiger partial charge in [0.1, 0.15) is 9.98 Å². The lowest BCUT2D eigenvalue weighted by molar-refractivity contribution is 0.926. The van der Waals surface area contributed by atoms with Crippen LogP contribution in [0.15, 0.2) is 84.9 Å². The monoisotopic (exact) mass is 376 g/mol. The van der Waals surface area contributed by atoms with Gasteiger partial charge in [-0.25, -0.2) is 0 Å². The molecule has 0 aliphatic rings. The third-order valence-electron chi connectivity index (χ3n) is 3.98. The van der Waals surface area contributed by atoms with Gasteiger partial charge in [-0.2, -0.15) is 0 Å². The molecule has 0 aromatic heterocycles. The van der Waals surface area contributed by atoms with E-state index in [0.717, 1.165) is 21.1 Å². The lowest BCUT2D eigenvalue weighted by Crippen LogP contribution is -2.24. The van der Waals surface area contributed by atoms with E-state index < -0.39 is 0 Å². The molecule has 0 saturated carbocycles. The summed E-state index contributed by atoms with van der Waals surface area (Å²) in [5.74, 6) is 0. The van der Waals surface area contributed by atoms with Crippen molar-refractivity contribution in [3.8, 4) is 0 Å². The van der Waals surface area contributed by atoms with Gasteiger partial charge in [-0.15, -0.1) is 0 Å². The Balaban J connectivity index is 1.60. The molecule has 0 aliphatic heterocycles. The van der Waals surface area contributed by atoms with Crippen LogP contribution >= 0.6 is 24.4 Å². The summed E-state index contributed by atoms with van der Waals surface area (Å²) in [6, 6.07) is 28.5. The Morgan fingerprint density at radius 3 is 1.42 bits per heavy atom. The molecule has 0 radical (unpaired) electrons. The maximum absolute atomic E-state index is 5.53. The van der Waals surface area contributed by atoms with E-state index in [1.807, 2.05) is 60.7 Å². The van der Waals surface area contributed by atoms with Crippen LogP contribution in [-0.2, 0) is 13.1 Å². The molecule has 3 rings (SSSR count). The predicted octanol–water partition coefficient (Wildman–Crippen LogP) is 4.62. The second-order valence-corrected chi connectivity index (χ2v) is 6.73. The van der Waals surface area contributed by atoms with Gasteiger partial charge in [-0.1, -0.05) is 103 Å². The van der Waals surface area contributed by atoms with E-state index in [9.17, 15) is 0 Å². The van der Waals surface area contributed by atoms with E-state index in [1.165, 1.54) is 11.1 Å². The molecule has 0 spiro atoms. The van der Waals surface area contributed by atoms with Gasteiger partial charge in [0.2, 0.25) is 0 Å². The SMILES string of the molecule is S=C(NCc1ccccc1)c1cccc(C(=S)NCc2ccccc2)c1. The molecule has 0 bridgehead atoms. The molecule has 0 heterocycles. The van der Waals surface area contributed by atoms with Crippen molar-refractivity contribution in [2.75, 3.05) is 0 Å². The molecule has 130 valence electrons. The van der Waals surface area contributed by atoms with Crippen LogP contribution in [0.1, 0.15) is 22.3 Å². The van der Waals surface area contributed by atoms with Gasteiger partial charge in [-0.3, -0.25) is 0 Å². The first-order chi connectivity index (χ1) is 12.7. The van der Waals surface area contributed by atoms with Crippen LogP contribution < -0.4 is 10.6 Å². The van der Waals surface area contributed by atoms with Crippen molar-refractivity contribution in [3.05, 3.63) is 107 Å². The Labute approximate surface area is 165 Å². The highest BCUT2D eigenvalue weighted by Gasteiger charge is 2.06. The maximum atomic E-state index is 5.53. The Morgan fingerprint density at radius 2 is 1.00 bits per heavy atom. The minimum Gasteiger partial charge on any atom is -0.372 e. The summed E-state index contributed by atoms with van der Waals surface area (Å²) in [5.41, 5.74) is 4.34. The Kier molecular flexibility index (Phi) is 6.47. The first-order valence-corrected chi connectivity index (χ1v) is 9.28. The third-order valence-corrected chi connectivity index (χ3v) is 4.74. The van der Waals surface area contributed by atoms with Crippen LogP contribution in [0.25, 0.3) is 0 Å². The summed E-state index contributed by atoms with van der Waals surface area (Å²) in [5, 5.41) is 6.61. The summed E-state index contributed by atoms with van der Waals surface area (Å²) in [6.07, 6.45) is 0. The van der Waals surface area contributed by atoms with Gasteiger partial charge in [0.25, 0.3) is 0 Å². The highest BCUT2D eigenvalue weighted by Crippen LogP contribution is 2.09. The molecule has 0 saturated heterocycles. The zero-order chi connectivity index (χ0) is 18.2. The van der Waals surface area contributed by atoms with E-state index in [1.54, 1.807) is 0 Å². The van der Waals surface area contributed by atoms with Crippen molar-refractivity contribution in [3.63, 3.8) is 0 Å². The van der Waals surface area contributed by atoms with Crippen molar-refractivity contribution in [2.45, 2.75) is 13.1 Å². The molecule has 0 fully saturated rings. The van der Waals surface area contributed by atoms with Gasteiger partial charge in [-0.05, 0) is 17.2 Å². The van der Waals surface area contributed by atoms with Crippen LogP contribution in [-0.4, -0.2) is 9.98 Å². The van der Waals surface area contributed by atoms with Crippen LogP contribution in [0.2, 0.25) is 0 Å². The van der Waals surface area contributed by atoms with Crippen molar-refractivity contribution < 1.29 is 0 Å². The molecule has 2 nitrogen and oxygen atoms in total. The smallest absolute Gasteiger partial charge is 0.106 e. The highest BCUT2D eigenvalue weighted by atomic mass is 32.1. The zero-order valence-electron chi connectivity index (χ0n) is 14.3. The third kappa shape index (κ3) is 5.22. The van der Waals surface area contributed by atoms with E-state index in [0.29, 0.717) is 13.1 Å². The van der Waals surface area contributed by atoms with Crippen molar-refractivity contribution in [1.82, 2.24) is 10.6 Å². The molecule has 0 atom stereocenters. The average molecular weight is 377 g/mol. The first kappa shape index (κ1) is 18.2. The molecule has 26 heavy (non-hydrogen) atoms. The van der Waals surface area contributed by atoms with Gasteiger partial charge in [0.15, 0.2) is 0 Å². The minimum atomic E-state index is 0.709. The molecule has 0 unspecified atom stereocenters. The molecular weight excluding hydrogens is 356 g/mol. The molecule has 4 heteroatoms. The number of hydrogen-bond donors (Lipinski definition) is 2. The Bertz CT molecular complexity index is 806. The number of nitrogens with one attached hydrogen (secondary N) is 2. The van der Waals surface area contributed by atoms with E-state index in [2.05, 4.69) is 34.9 Å². The summed E-state index contributed by atoms with van der Waals surface area (Å²) in [6.45, 7) is 1.42. The van der Waals surface area contributed by atoms with Crippen LogP contribution in [0, 0.1) is 0 Å². The second-order valence-electron chi connectivity index (χ2n) is 5.92. The van der Waals surface area contributed by atoms with Crippen LogP contribution in [0.4, 0.5) is 0 Å². The van der Waals surface area contributed by atoms with Gasteiger partial charge in [0.05, 0.1) is 0 Å². The lowest BCUT2D eigenvalue weighted by atomic mass is 10.1. The molecule has 3 aromatic rings. The zero-order valence-corrected chi connectivity index (χ0v) is 15.9. The van der Waals surface area contributed by atoms with E-state index in [4.69, 9.17) is 24.4 Å². The molecular formula is C22H20N2S2. The minimum absolute atomic E-state index is 0.709. The van der Waals surface area contributed by atoms with Crippen LogP contribution in [0.5, 0.6) is 0 Å². The fourth-order valence-corrected chi connectivity index (χ4v) is 2.96. The molecule has 0 aliphatic carbocycles. The van der Waals surface area contributed by atoms with E-state index >= 15 is 0 Å². The molecule has 0 amide bonds. The maximum Gasteiger partial charge on any atom is 0.106 e. The Hall–Kier alpha value is -2.56. The summed E-state index contributed by atoms with van der Waals surface area (Å²) in [4.78, 5) is 1.45. The second kappa shape index (κ2) is 9.22. The van der Waals surface area contributed by atoms with E-state index in [-0.39, 0.29) is 0 Å². The topological polar surface area (TPSA) is 24.1 Å². The standard InChI is InChI=1S/C22H20N2S2/c25-21(23-15-17-8-3-1-4-9-17)19-12-7-13-20(14-19)22(26)24-16-18-10-5-2-6-11-18/h1-14H,15-16H2,(H,23,25)(H,24,26). The van der Waals surface area contributed by atoms with Gasteiger partial charge in [0, 0.05) is 24.2 Å². The number of rotatable bonds is 6. The summed E-state index contributed by atoms with van der Waals surface area (Å²) < 4.78 is 0. The van der Waals surface area contributed by atoms with Crippen LogP contribution in [0.3, 0.4) is 0 Å². The fourth-order valence-electron chi connectivity index (χ4n) is 2.56. The summed E-state index contributed by atoms with van der Waals surface area (Å²) in [7, 11) is 0. The first-order valence-electron chi connectivity index (χ1n) is 8.47. The van der Waals surface area contributed by atoms with Crippen molar-refractivity contribution >= 4 is 34.4 Å². The highest BCUT2D eigenvalue weighted by molar-refractivity contribution is 7.81. The molecule has 3 aromatic carbocycles. The molecule has 2 N–H and O–H groups in total.